The summed E-state index contributed by atoms with van der Waals surface area (Å²) >= 11 is 0. The van der Waals surface area contributed by atoms with Gasteiger partial charge in [0.15, 0.2) is 39.5 Å². The zero-order valence-corrected chi connectivity index (χ0v) is 32.7. The molecular weight excluding hydrogens is 797 g/mol. The molecule has 3 aromatic carbocycles. The Morgan fingerprint density at radius 2 is 1.23 bits per heavy atom. The molecule has 9 nitrogen and oxygen atoms in total. The minimum atomic E-state index is -6.09. The van der Waals surface area contributed by atoms with Gasteiger partial charge < -0.3 is 14.0 Å². The van der Waals surface area contributed by atoms with Crippen LogP contribution < -0.4 is 14.0 Å². The Hall–Kier alpha value is -5.10. The molecule has 0 radical (unpaired) electrons. The van der Waals surface area contributed by atoms with E-state index in [1.54, 1.807) is 0 Å². The lowest BCUT2D eigenvalue weighted by molar-refractivity contribution is -0.690. The van der Waals surface area contributed by atoms with E-state index in [1.807, 2.05) is 0 Å². The van der Waals surface area contributed by atoms with E-state index in [1.165, 1.54) is 72.5 Å². The number of fused-ring (bicyclic) bond motifs is 9. The number of aryl methyl sites for hydroxylation is 1. The summed E-state index contributed by atoms with van der Waals surface area (Å²) in [6.07, 6.45) is 13.2. The third-order valence-electron chi connectivity index (χ3n) is 9.71. The number of allylic oxidation sites excluding steroid dienone is 2. The SMILES string of the molecule is Cc1c(C)c2c(c3c1CC[n+]1ccc4ccccc4c1-3)-c1cccc(/C=C/C=C/c3ccc(N(C)C)cc3)[n+]1CC2.O=S(=O)([O-])C(F)(F)F.O=S(=O)([O-])C(F)(F)F. The number of anilines is 1. The van der Waals surface area contributed by atoms with Gasteiger partial charge >= 0.3 is 11.0 Å². The van der Waals surface area contributed by atoms with E-state index in [2.05, 4.69) is 145 Å². The molecule has 0 bridgehead atoms. The van der Waals surface area contributed by atoms with Crippen molar-refractivity contribution in [1.82, 2.24) is 0 Å². The third-order valence-corrected chi connectivity index (χ3v) is 10.8. The summed E-state index contributed by atoms with van der Waals surface area (Å²) in [5.41, 5.74) is 3.96. The Balaban J connectivity index is 0.000000328. The predicted octanol–water partition coefficient (Wildman–Crippen LogP) is 7.37. The normalized spacial score (nSPS) is 13.8. The van der Waals surface area contributed by atoms with Crippen LogP contribution in [0.3, 0.4) is 0 Å². The molecular formula is C40H37F6N3O6S2. The lowest BCUT2D eigenvalue weighted by Gasteiger charge is -2.27. The molecule has 4 heterocycles. The van der Waals surface area contributed by atoms with Crippen LogP contribution in [-0.4, -0.2) is 51.1 Å². The maximum absolute atomic E-state index is 10.7. The van der Waals surface area contributed by atoms with Crippen LogP contribution in [0.15, 0.2) is 91.1 Å². The fourth-order valence-corrected chi connectivity index (χ4v) is 6.85. The van der Waals surface area contributed by atoms with Crippen LogP contribution in [0, 0.1) is 13.8 Å². The number of hydrogen-bond acceptors (Lipinski definition) is 7. The van der Waals surface area contributed by atoms with Crippen molar-refractivity contribution >= 4 is 48.8 Å². The van der Waals surface area contributed by atoms with Gasteiger partial charge in [0.2, 0.25) is 17.1 Å². The van der Waals surface area contributed by atoms with E-state index in [0.29, 0.717) is 0 Å². The van der Waals surface area contributed by atoms with Crippen molar-refractivity contribution in [3.05, 3.63) is 125 Å². The van der Waals surface area contributed by atoms with Gasteiger partial charge in [0.05, 0.1) is 16.5 Å². The maximum atomic E-state index is 10.7. The molecule has 2 aliphatic rings. The van der Waals surface area contributed by atoms with Crippen molar-refractivity contribution in [3.8, 4) is 22.5 Å². The van der Waals surface area contributed by atoms with Crippen LogP contribution in [0.1, 0.15) is 33.5 Å². The first kappa shape index (κ1) is 43.0. The number of pyridine rings is 2. The number of nitrogens with zero attached hydrogens (tertiary/aromatic N) is 3. The second-order valence-electron chi connectivity index (χ2n) is 13.4. The Labute approximate surface area is 326 Å². The summed E-state index contributed by atoms with van der Waals surface area (Å²) in [4.78, 5) is 2.13. The fourth-order valence-electron chi connectivity index (χ4n) is 6.85. The molecule has 2 aliphatic heterocycles. The molecule has 0 atom stereocenters. The highest BCUT2D eigenvalue weighted by atomic mass is 32.2. The first-order valence-corrected chi connectivity index (χ1v) is 20.1. The zero-order valence-electron chi connectivity index (χ0n) is 31.0. The van der Waals surface area contributed by atoms with Crippen molar-refractivity contribution in [2.24, 2.45) is 0 Å². The predicted molar refractivity (Wildman–Crippen MR) is 202 cm³/mol. The average Bonchev–Trinajstić information content (AvgIpc) is 3.13. The van der Waals surface area contributed by atoms with Crippen molar-refractivity contribution in [2.45, 2.75) is 50.8 Å². The highest BCUT2D eigenvalue weighted by Gasteiger charge is 2.39. The van der Waals surface area contributed by atoms with Crippen LogP contribution in [0.2, 0.25) is 0 Å². The zero-order chi connectivity index (χ0) is 42.1. The van der Waals surface area contributed by atoms with Crippen LogP contribution in [0.5, 0.6) is 0 Å². The largest absolute Gasteiger partial charge is 0.741 e. The highest BCUT2D eigenvalue weighted by Crippen LogP contribution is 2.44. The molecule has 0 fully saturated rings. The molecule has 0 N–H and O–H groups in total. The molecule has 0 aliphatic carbocycles. The van der Waals surface area contributed by atoms with E-state index >= 15 is 0 Å². The van der Waals surface area contributed by atoms with Crippen molar-refractivity contribution < 1.29 is 61.4 Å². The summed E-state index contributed by atoms with van der Waals surface area (Å²) in [6, 6.07) is 26.6. The third kappa shape index (κ3) is 9.38. The molecule has 0 saturated carbocycles. The van der Waals surface area contributed by atoms with Crippen molar-refractivity contribution in [1.29, 1.82) is 0 Å². The summed E-state index contributed by atoms with van der Waals surface area (Å²) < 4.78 is 123. The van der Waals surface area contributed by atoms with Crippen LogP contribution in [0.25, 0.3) is 45.4 Å². The van der Waals surface area contributed by atoms with E-state index in [4.69, 9.17) is 25.9 Å². The van der Waals surface area contributed by atoms with Crippen molar-refractivity contribution in [2.75, 3.05) is 19.0 Å². The first-order chi connectivity index (χ1) is 26.5. The van der Waals surface area contributed by atoms with E-state index < -0.39 is 31.3 Å². The second-order valence-corrected chi connectivity index (χ2v) is 16.1. The van der Waals surface area contributed by atoms with Gasteiger partial charge in [0.1, 0.15) is 0 Å². The number of hydrogen-bond donors (Lipinski definition) is 0. The van der Waals surface area contributed by atoms with Crippen LogP contribution >= 0.6 is 0 Å². The standard InChI is InChI=1S/C38H37N3.2CHF3O3S/c1-26-27(2)33-21-24-40-23-20-29-11-6-8-14-34(29)38(40)37(33)36-32(26)22-25-41-31(13-9-15-35(36)41)12-7-5-10-28-16-18-30(19-17-28)39(3)4;2*2-1(3,4)8(5,6)7/h5-20,23H,21-22,24-25H2,1-4H3;2*(H,5,6,7)/q+2;;/p-2. The molecule has 2 aromatic heterocycles. The molecule has 7 rings (SSSR count). The van der Waals surface area contributed by atoms with Crippen molar-refractivity contribution in [3.63, 3.8) is 0 Å². The minimum absolute atomic E-state index is 0.993. The maximum Gasteiger partial charge on any atom is 0.485 e. The van der Waals surface area contributed by atoms with Gasteiger partial charge in [-0.05, 0) is 71.3 Å². The monoisotopic (exact) mass is 833 g/mol. The molecule has 0 unspecified atom stereocenters. The van der Waals surface area contributed by atoms with Gasteiger partial charge in [0, 0.05) is 56.9 Å². The molecule has 0 saturated heterocycles. The molecule has 57 heavy (non-hydrogen) atoms. The van der Waals surface area contributed by atoms with E-state index in [0.717, 1.165) is 25.9 Å². The van der Waals surface area contributed by atoms with Crippen LogP contribution in [-0.2, 0) is 46.2 Å². The summed E-state index contributed by atoms with van der Waals surface area (Å²) in [7, 11) is -8.04. The van der Waals surface area contributed by atoms with E-state index in [-0.39, 0.29) is 0 Å². The number of halogens is 6. The van der Waals surface area contributed by atoms with Gasteiger partial charge in [-0.3, -0.25) is 0 Å². The summed E-state index contributed by atoms with van der Waals surface area (Å²) in [6.45, 7) is 6.71. The molecule has 0 amide bonds. The van der Waals surface area contributed by atoms with Gasteiger partial charge in [-0.1, -0.05) is 48.6 Å². The summed E-state index contributed by atoms with van der Waals surface area (Å²) in [5, 5.41) is 2.65. The number of rotatable bonds is 4. The summed E-state index contributed by atoms with van der Waals surface area (Å²) in [5.74, 6) is 0. The van der Waals surface area contributed by atoms with Gasteiger partial charge in [0.25, 0.3) is 0 Å². The Morgan fingerprint density at radius 1 is 0.684 bits per heavy atom. The van der Waals surface area contributed by atoms with Gasteiger partial charge in [-0.15, -0.1) is 0 Å². The quantitative estimate of drug-likeness (QED) is 0.0609. The Morgan fingerprint density at radius 3 is 1.81 bits per heavy atom. The Kier molecular flexibility index (Phi) is 12.4. The average molecular weight is 834 g/mol. The molecule has 5 aromatic rings. The number of benzene rings is 3. The highest BCUT2D eigenvalue weighted by molar-refractivity contribution is 7.86. The minimum Gasteiger partial charge on any atom is -0.741 e. The van der Waals surface area contributed by atoms with E-state index in [9.17, 15) is 26.3 Å². The smallest absolute Gasteiger partial charge is 0.485 e. The lowest BCUT2D eigenvalue weighted by Crippen LogP contribution is -2.45. The van der Waals surface area contributed by atoms with Gasteiger partial charge in [-0.2, -0.15) is 35.5 Å². The molecule has 0 spiro atoms. The Bertz CT molecular complexity index is 2560. The molecule has 302 valence electrons. The second kappa shape index (κ2) is 16.4. The topological polar surface area (TPSA) is 125 Å². The van der Waals surface area contributed by atoms with Crippen LogP contribution in [0.4, 0.5) is 32.0 Å². The molecule has 17 heteroatoms. The number of alkyl halides is 6. The lowest BCUT2D eigenvalue weighted by atomic mass is 9.79. The fraction of sp³-hybridized carbons (Fsp3) is 0.250. The van der Waals surface area contributed by atoms with Gasteiger partial charge in [-0.25, -0.2) is 16.8 Å². The number of aromatic nitrogens is 2. The first-order valence-electron chi connectivity index (χ1n) is 17.3.